The van der Waals surface area contributed by atoms with E-state index in [1.54, 1.807) is 30.5 Å². The third-order valence-electron chi connectivity index (χ3n) is 3.69. The molecule has 26 heavy (non-hydrogen) atoms. The first-order chi connectivity index (χ1) is 12.6. The molecule has 3 rings (SSSR count). The summed E-state index contributed by atoms with van der Waals surface area (Å²) in [5.41, 5.74) is 1.15. The summed E-state index contributed by atoms with van der Waals surface area (Å²) in [5, 5.41) is 11.8. The zero-order valence-corrected chi connectivity index (χ0v) is 14.4. The second-order valence-corrected chi connectivity index (χ2v) is 6.76. The molecule has 8 nitrogen and oxygen atoms in total. The van der Waals surface area contributed by atoms with Gasteiger partial charge in [-0.25, -0.2) is 5.06 Å². The number of anilines is 2. The molecule has 1 aliphatic rings. The normalized spacial score (nSPS) is 16.0. The van der Waals surface area contributed by atoms with Crippen LogP contribution in [-0.2, 0) is 14.4 Å². The summed E-state index contributed by atoms with van der Waals surface area (Å²) < 4.78 is 0. The van der Waals surface area contributed by atoms with Gasteiger partial charge < -0.3 is 10.2 Å². The molecular formula is C17H16N4O4S. The highest BCUT2D eigenvalue weighted by Crippen LogP contribution is 2.39. The summed E-state index contributed by atoms with van der Waals surface area (Å²) >= 11 is 1.25. The van der Waals surface area contributed by atoms with Gasteiger partial charge in [-0.15, -0.1) is 11.8 Å². The maximum absolute atomic E-state index is 12.8. The van der Waals surface area contributed by atoms with E-state index in [1.165, 1.54) is 22.9 Å². The van der Waals surface area contributed by atoms with Crippen molar-refractivity contribution in [1.82, 2.24) is 10.0 Å². The summed E-state index contributed by atoms with van der Waals surface area (Å²) in [4.78, 5) is 41.9. The molecule has 2 N–H and O–H groups in total. The fraction of sp³-hybridized carbons (Fsp3) is 0.176. The molecule has 1 aliphatic heterocycles. The van der Waals surface area contributed by atoms with Crippen LogP contribution in [0.25, 0.3) is 0 Å². The highest BCUT2D eigenvalue weighted by Gasteiger charge is 2.35. The Balaban J connectivity index is 1.80. The Bertz CT molecular complexity index is 817. The molecule has 0 radical (unpaired) electrons. The van der Waals surface area contributed by atoms with Crippen LogP contribution in [0.15, 0.2) is 53.7 Å². The van der Waals surface area contributed by atoms with Crippen LogP contribution in [0.3, 0.4) is 0 Å². The van der Waals surface area contributed by atoms with E-state index in [2.05, 4.69) is 10.3 Å². The SMILES string of the molecule is O=CN(O)CC1Sc2ccccc2N(CC(=O)Nc2cccnc2)C1=O. The number of para-hydroxylation sites is 1. The molecule has 1 aromatic heterocycles. The van der Waals surface area contributed by atoms with Crippen molar-refractivity contribution in [3.8, 4) is 0 Å². The minimum absolute atomic E-state index is 0.165. The molecule has 1 atom stereocenters. The van der Waals surface area contributed by atoms with Gasteiger partial charge in [0.15, 0.2) is 0 Å². The van der Waals surface area contributed by atoms with Crippen LogP contribution < -0.4 is 10.2 Å². The molecule has 1 unspecified atom stereocenters. The summed E-state index contributed by atoms with van der Waals surface area (Å²) in [7, 11) is 0. The van der Waals surface area contributed by atoms with E-state index in [9.17, 15) is 19.6 Å². The molecule has 0 fully saturated rings. The maximum Gasteiger partial charge on any atom is 0.244 e. The Morgan fingerprint density at radius 1 is 1.35 bits per heavy atom. The van der Waals surface area contributed by atoms with Crippen LogP contribution in [0.4, 0.5) is 11.4 Å². The number of thioether (sulfide) groups is 1. The van der Waals surface area contributed by atoms with Crippen LogP contribution in [-0.4, -0.2) is 51.8 Å². The molecule has 0 saturated carbocycles. The summed E-state index contributed by atoms with van der Waals surface area (Å²) in [6.45, 7) is -0.351. The lowest BCUT2D eigenvalue weighted by molar-refractivity contribution is -0.150. The van der Waals surface area contributed by atoms with Crippen LogP contribution in [0.1, 0.15) is 0 Å². The molecular weight excluding hydrogens is 356 g/mol. The lowest BCUT2D eigenvalue weighted by Crippen LogP contribution is -2.48. The summed E-state index contributed by atoms with van der Waals surface area (Å²) in [6.07, 6.45) is 3.35. The van der Waals surface area contributed by atoms with Gasteiger partial charge in [-0.3, -0.25) is 24.6 Å². The van der Waals surface area contributed by atoms with E-state index >= 15 is 0 Å². The van der Waals surface area contributed by atoms with Crippen molar-refractivity contribution >= 4 is 41.4 Å². The van der Waals surface area contributed by atoms with Crippen molar-refractivity contribution in [3.05, 3.63) is 48.8 Å². The molecule has 2 aromatic rings. The van der Waals surface area contributed by atoms with Gasteiger partial charge in [-0.05, 0) is 24.3 Å². The first kappa shape index (κ1) is 17.9. The Hall–Kier alpha value is -2.91. The standard InChI is InChI=1S/C17H16N4O4S/c22-11-20(25)9-15-17(24)21(13-5-1-2-6-14(13)26-15)10-16(23)19-12-4-3-7-18-8-12/h1-8,11,15,25H,9-10H2,(H,19,23). The first-order valence-electron chi connectivity index (χ1n) is 7.76. The number of rotatable bonds is 6. The van der Waals surface area contributed by atoms with Crippen LogP contribution in [0.2, 0.25) is 0 Å². The van der Waals surface area contributed by atoms with Gasteiger partial charge in [0.25, 0.3) is 0 Å². The van der Waals surface area contributed by atoms with Crippen molar-refractivity contribution in [2.45, 2.75) is 10.1 Å². The summed E-state index contributed by atoms with van der Waals surface area (Å²) in [5.74, 6) is -0.723. The Kier molecular flexibility index (Phi) is 5.49. The van der Waals surface area contributed by atoms with Crippen molar-refractivity contribution in [2.24, 2.45) is 0 Å². The number of carbonyl (C=O) groups excluding carboxylic acids is 3. The predicted octanol–water partition coefficient (Wildman–Crippen LogP) is 1.38. The molecule has 0 aliphatic carbocycles. The number of hydroxylamine groups is 2. The largest absolute Gasteiger partial charge is 0.323 e. The second kappa shape index (κ2) is 7.98. The molecule has 134 valence electrons. The third kappa shape index (κ3) is 4.01. The number of hydrogen-bond acceptors (Lipinski definition) is 6. The quantitative estimate of drug-likeness (QED) is 0.451. The van der Waals surface area contributed by atoms with Gasteiger partial charge >= 0.3 is 0 Å². The first-order valence-corrected chi connectivity index (χ1v) is 8.64. The number of benzene rings is 1. The fourth-order valence-electron chi connectivity index (χ4n) is 2.55. The molecule has 1 aromatic carbocycles. The second-order valence-electron chi connectivity index (χ2n) is 5.52. The monoisotopic (exact) mass is 372 g/mol. The number of nitrogens with zero attached hydrogens (tertiary/aromatic N) is 3. The minimum atomic E-state index is -0.703. The average Bonchev–Trinajstić information content (AvgIpc) is 2.65. The Morgan fingerprint density at radius 2 is 2.15 bits per heavy atom. The van der Waals surface area contributed by atoms with Crippen molar-refractivity contribution in [2.75, 3.05) is 23.3 Å². The number of pyridine rings is 1. The van der Waals surface area contributed by atoms with E-state index in [0.717, 1.165) is 4.90 Å². The van der Waals surface area contributed by atoms with Crippen LogP contribution >= 0.6 is 11.8 Å². The molecule has 3 amide bonds. The molecule has 9 heteroatoms. The van der Waals surface area contributed by atoms with Crippen LogP contribution in [0.5, 0.6) is 0 Å². The number of aromatic nitrogens is 1. The van der Waals surface area contributed by atoms with Crippen molar-refractivity contribution < 1.29 is 19.6 Å². The highest BCUT2D eigenvalue weighted by molar-refractivity contribution is 8.01. The van der Waals surface area contributed by atoms with Gasteiger partial charge in [0.1, 0.15) is 11.8 Å². The highest BCUT2D eigenvalue weighted by atomic mass is 32.2. The molecule has 0 spiro atoms. The Morgan fingerprint density at radius 3 is 2.88 bits per heavy atom. The van der Waals surface area contributed by atoms with Crippen LogP contribution in [0, 0.1) is 0 Å². The number of fused-ring (bicyclic) bond motifs is 1. The predicted molar refractivity (Wildman–Crippen MR) is 95.9 cm³/mol. The number of nitrogens with one attached hydrogen (secondary N) is 1. The van der Waals surface area contributed by atoms with Crippen molar-refractivity contribution in [1.29, 1.82) is 0 Å². The molecule has 2 heterocycles. The van der Waals surface area contributed by atoms with E-state index in [-0.39, 0.29) is 31.3 Å². The van der Waals surface area contributed by atoms with E-state index in [4.69, 9.17) is 0 Å². The molecule has 0 saturated heterocycles. The number of amides is 3. The van der Waals surface area contributed by atoms with Gasteiger partial charge in [0.2, 0.25) is 18.2 Å². The van der Waals surface area contributed by atoms with E-state index < -0.39 is 5.25 Å². The topological polar surface area (TPSA) is 103 Å². The smallest absolute Gasteiger partial charge is 0.244 e. The van der Waals surface area contributed by atoms with E-state index in [0.29, 0.717) is 16.4 Å². The Labute approximate surface area is 153 Å². The molecule has 0 bridgehead atoms. The zero-order valence-electron chi connectivity index (χ0n) is 13.6. The van der Waals surface area contributed by atoms with Gasteiger partial charge in [-0.2, -0.15) is 0 Å². The lowest BCUT2D eigenvalue weighted by atomic mass is 10.2. The van der Waals surface area contributed by atoms with Gasteiger partial charge in [-0.1, -0.05) is 12.1 Å². The zero-order chi connectivity index (χ0) is 18.5. The number of carbonyl (C=O) groups is 3. The van der Waals surface area contributed by atoms with Crippen molar-refractivity contribution in [3.63, 3.8) is 0 Å². The average molecular weight is 372 g/mol. The minimum Gasteiger partial charge on any atom is -0.323 e. The fourth-order valence-corrected chi connectivity index (χ4v) is 3.77. The maximum atomic E-state index is 12.8. The van der Waals surface area contributed by atoms with E-state index in [1.807, 2.05) is 12.1 Å². The number of hydrogen-bond donors (Lipinski definition) is 2. The van der Waals surface area contributed by atoms with Gasteiger partial charge in [0, 0.05) is 11.1 Å². The van der Waals surface area contributed by atoms with Gasteiger partial charge in [0.05, 0.1) is 24.1 Å². The lowest BCUT2D eigenvalue weighted by Gasteiger charge is -2.33. The summed E-state index contributed by atoms with van der Waals surface area (Å²) in [6, 6.07) is 10.6. The third-order valence-corrected chi connectivity index (χ3v) is 4.92.